The molecule has 6 heteroatoms. The topological polar surface area (TPSA) is 37.4 Å². The molecular formula is C18H22ClN3OS. The van der Waals surface area contributed by atoms with Gasteiger partial charge in [-0.2, -0.15) is 0 Å². The first-order valence-corrected chi connectivity index (χ1v) is 9.53. The van der Waals surface area contributed by atoms with E-state index in [9.17, 15) is 0 Å². The third-order valence-corrected chi connectivity index (χ3v) is 5.76. The molecule has 4 nitrogen and oxygen atoms in total. The van der Waals surface area contributed by atoms with Crippen molar-refractivity contribution >= 4 is 28.1 Å². The van der Waals surface area contributed by atoms with Crippen molar-refractivity contribution in [2.75, 3.05) is 18.0 Å². The van der Waals surface area contributed by atoms with Crippen molar-refractivity contribution in [3.8, 4) is 16.2 Å². The fourth-order valence-electron chi connectivity index (χ4n) is 3.40. The average Bonchev–Trinajstić information content (AvgIpc) is 3.11. The number of thiazole rings is 1. The van der Waals surface area contributed by atoms with Crippen molar-refractivity contribution in [3.63, 3.8) is 0 Å². The maximum absolute atomic E-state index is 6.07. The zero-order chi connectivity index (χ0) is 16.9. The highest BCUT2D eigenvalue weighted by atomic mass is 35.5. The van der Waals surface area contributed by atoms with Crippen LogP contribution in [0.2, 0.25) is 5.02 Å². The second kappa shape index (κ2) is 5.90. The van der Waals surface area contributed by atoms with Crippen LogP contribution in [-0.4, -0.2) is 29.7 Å². The number of hydrogen-bond acceptors (Lipinski definition) is 5. The second-order valence-electron chi connectivity index (χ2n) is 7.53. The standard InChI is InChI=1S/C18H22ClN3OS/c1-18(2,3)21-12-6-7-22(9-12)17-20-14-10-23-15-8-11(19)4-5-13(15)16(14)24-17/h4-5,8,12,21H,6-7,9-10H2,1-3H3. The maximum Gasteiger partial charge on any atom is 0.186 e. The Morgan fingerprint density at radius 3 is 3.00 bits per heavy atom. The molecule has 3 heterocycles. The largest absolute Gasteiger partial charge is 0.487 e. The van der Waals surface area contributed by atoms with E-state index in [1.54, 1.807) is 11.3 Å². The Bertz CT molecular complexity index is 768. The number of halogens is 1. The van der Waals surface area contributed by atoms with Crippen molar-refractivity contribution in [1.82, 2.24) is 10.3 Å². The molecule has 4 rings (SSSR count). The molecule has 1 saturated heterocycles. The number of nitrogens with zero attached hydrogens (tertiary/aromatic N) is 2. The Morgan fingerprint density at radius 2 is 2.21 bits per heavy atom. The van der Waals surface area contributed by atoms with Gasteiger partial charge in [0.15, 0.2) is 5.13 Å². The van der Waals surface area contributed by atoms with Gasteiger partial charge in [-0.25, -0.2) is 4.98 Å². The van der Waals surface area contributed by atoms with Crippen LogP contribution in [0.25, 0.3) is 10.4 Å². The highest BCUT2D eigenvalue weighted by molar-refractivity contribution is 7.19. The van der Waals surface area contributed by atoms with Gasteiger partial charge in [0, 0.05) is 35.3 Å². The fourth-order valence-corrected chi connectivity index (χ4v) is 4.69. The zero-order valence-corrected chi connectivity index (χ0v) is 15.8. The van der Waals surface area contributed by atoms with Gasteiger partial charge in [-0.15, -0.1) is 0 Å². The van der Waals surface area contributed by atoms with E-state index >= 15 is 0 Å². The third-order valence-electron chi connectivity index (χ3n) is 4.33. The van der Waals surface area contributed by atoms with Crippen molar-refractivity contribution in [1.29, 1.82) is 0 Å². The van der Waals surface area contributed by atoms with Gasteiger partial charge in [-0.3, -0.25) is 0 Å². The number of fused-ring (bicyclic) bond motifs is 3. The summed E-state index contributed by atoms with van der Waals surface area (Å²) in [5.74, 6) is 0.860. The number of nitrogens with one attached hydrogen (secondary N) is 1. The molecule has 1 aromatic heterocycles. The van der Waals surface area contributed by atoms with Gasteiger partial charge in [0.2, 0.25) is 0 Å². The minimum Gasteiger partial charge on any atom is -0.487 e. The molecule has 0 amide bonds. The zero-order valence-electron chi connectivity index (χ0n) is 14.2. The predicted molar refractivity (Wildman–Crippen MR) is 100 cm³/mol. The minimum atomic E-state index is 0.148. The van der Waals surface area contributed by atoms with Crippen LogP contribution in [0.5, 0.6) is 5.75 Å². The fraction of sp³-hybridized carbons (Fsp3) is 0.500. The van der Waals surface area contributed by atoms with E-state index in [-0.39, 0.29) is 5.54 Å². The first-order chi connectivity index (χ1) is 11.4. The van der Waals surface area contributed by atoms with Crippen LogP contribution < -0.4 is 15.0 Å². The SMILES string of the molecule is CC(C)(C)NC1CCN(c2nc3c(s2)-c2ccc(Cl)cc2OC3)C1. The third kappa shape index (κ3) is 3.13. The summed E-state index contributed by atoms with van der Waals surface area (Å²) < 4.78 is 5.82. The quantitative estimate of drug-likeness (QED) is 0.862. The molecule has 0 aliphatic carbocycles. The maximum atomic E-state index is 6.07. The number of aromatic nitrogens is 1. The van der Waals surface area contributed by atoms with Gasteiger partial charge >= 0.3 is 0 Å². The molecule has 2 aliphatic heterocycles. The van der Waals surface area contributed by atoms with E-state index in [1.165, 1.54) is 4.88 Å². The van der Waals surface area contributed by atoms with Crippen LogP contribution in [-0.2, 0) is 6.61 Å². The molecule has 24 heavy (non-hydrogen) atoms. The van der Waals surface area contributed by atoms with E-state index in [2.05, 4.69) is 31.0 Å². The van der Waals surface area contributed by atoms with E-state index in [0.29, 0.717) is 17.7 Å². The number of hydrogen-bond donors (Lipinski definition) is 1. The Hall–Kier alpha value is -1.30. The van der Waals surface area contributed by atoms with Gasteiger partial charge in [-0.1, -0.05) is 22.9 Å². The van der Waals surface area contributed by atoms with E-state index in [4.69, 9.17) is 21.3 Å². The van der Waals surface area contributed by atoms with Gasteiger partial charge < -0.3 is 15.0 Å². The Labute approximate surface area is 151 Å². The summed E-state index contributed by atoms with van der Waals surface area (Å²) in [5, 5.41) is 5.50. The van der Waals surface area contributed by atoms with Gasteiger partial charge in [0.1, 0.15) is 12.4 Å². The predicted octanol–water partition coefficient (Wildman–Crippen LogP) is 4.32. The number of anilines is 1. The summed E-state index contributed by atoms with van der Waals surface area (Å²) >= 11 is 7.84. The summed E-state index contributed by atoms with van der Waals surface area (Å²) in [6.07, 6.45) is 1.16. The molecule has 0 saturated carbocycles. The highest BCUT2D eigenvalue weighted by Gasteiger charge is 2.30. The summed E-state index contributed by atoms with van der Waals surface area (Å²) in [5.41, 5.74) is 2.29. The summed E-state index contributed by atoms with van der Waals surface area (Å²) in [4.78, 5) is 8.45. The van der Waals surface area contributed by atoms with Crippen molar-refractivity contribution in [2.45, 2.75) is 45.4 Å². The van der Waals surface area contributed by atoms with Crippen molar-refractivity contribution < 1.29 is 4.74 Å². The Kier molecular flexibility index (Phi) is 3.98. The van der Waals surface area contributed by atoms with Crippen molar-refractivity contribution in [3.05, 3.63) is 28.9 Å². The molecule has 2 aromatic rings. The van der Waals surface area contributed by atoms with E-state index in [0.717, 1.165) is 41.6 Å². The van der Waals surface area contributed by atoms with Crippen LogP contribution in [0.3, 0.4) is 0 Å². The minimum absolute atomic E-state index is 0.148. The average molecular weight is 364 g/mol. The summed E-state index contributed by atoms with van der Waals surface area (Å²) in [7, 11) is 0. The van der Waals surface area contributed by atoms with Crippen LogP contribution >= 0.6 is 22.9 Å². The lowest BCUT2D eigenvalue weighted by atomic mass is 10.1. The van der Waals surface area contributed by atoms with Crippen LogP contribution in [0, 0.1) is 0 Å². The summed E-state index contributed by atoms with van der Waals surface area (Å²) in [6.45, 7) is 9.24. The normalized spacial score (nSPS) is 19.8. The van der Waals surface area contributed by atoms with E-state index in [1.807, 2.05) is 18.2 Å². The first-order valence-electron chi connectivity index (χ1n) is 8.34. The lowest BCUT2D eigenvalue weighted by Gasteiger charge is -2.25. The molecule has 1 unspecified atom stereocenters. The van der Waals surface area contributed by atoms with Crippen LogP contribution in [0.15, 0.2) is 18.2 Å². The molecule has 0 radical (unpaired) electrons. The van der Waals surface area contributed by atoms with Gasteiger partial charge in [-0.05, 0) is 45.4 Å². The van der Waals surface area contributed by atoms with E-state index < -0.39 is 0 Å². The lowest BCUT2D eigenvalue weighted by Crippen LogP contribution is -2.44. The monoisotopic (exact) mass is 363 g/mol. The van der Waals surface area contributed by atoms with Crippen LogP contribution in [0.4, 0.5) is 5.13 Å². The van der Waals surface area contributed by atoms with Gasteiger partial charge in [0.25, 0.3) is 0 Å². The highest BCUT2D eigenvalue weighted by Crippen LogP contribution is 2.44. The molecule has 1 atom stereocenters. The molecule has 0 bridgehead atoms. The van der Waals surface area contributed by atoms with Crippen LogP contribution in [0.1, 0.15) is 32.9 Å². The molecule has 1 aromatic carbocycles. The Balaban J connectivity index is 1.57. The molecule has 0 spiro atoms. The van der Waals surface area contributed by atoms with Gasteiger partial charge in [0.05, 0.1) is 10.6 Å². The second-order valence-corrected chi connectivity index (χ2v) is 8.94. The smallest absolute Gasteiger partial charge is 0.186 e. The lowest BCUT2D eigenvalue weighted by molar-refractivity contribution is 0.298. The molecule has 2 aliphatic rings. The molecule has 128 valence electrons. The number of rotatable bonds is 2. The number of benzene rings is 1. The molecule has 1 N–H and O–H groups in total. The molecular weight excluding hydrogens is 342 g/mol. The Morgan fingerprint density at radius 1 is 1.38 bits per heavy atom. The molecule has 1 fully saturated rings. The number of ether oxygens (including phenoxy) is 1. The first kappa shape index (κ1) is 16.2. The summed E-state index contributed by atoms with van der Waals surface area (Å²) in [6, 6.07) is 6.36. The van der Waals surface area contributed by atoms with Crippen molar-refractivity contribution in [2.24, 2.45) is 0 Å².